The van der Waals surface area contributed by atoms with E-state index in [1.807, 2.05) is 0 Å². The van der Waals surface area contributed by atoms with Gasteiger partial charge in [-0.1, -0.05) is 0 Å². The van der Waals surface area contributed by atoms with Crippen LogP contribution in [0.25, 0.3) is 0 Å². The van der Waals surface area contributed by atoms with E-state index in [2.05, 4.69) is 15.3 Å². The monoisotopic (exact) mass is 288 g/mol. The molecule has 0 radical (unpaired) electrons. The molecule has 1 atom stereocenters. The SMILES string of the molecule is CC(CC(F)(F)F)Nc1cc(N)nc(C(F)(F)F)n1. The molecule has 4 nitrogen and oxygen atoms in total. The van der Waals surface area contributed by atoms with Crippen LogP contribution in [-0.2, 0) is 6.18 Å². The molecule has 1 aromatic rings. The summed E-state index contributed by atoms with van der Waals surface area (Å²) in [5, 5.41) is 2.20. The van der Waals surface area contributed by atoms with E-state index in [1.54, 1.807) is 0 Å². The summed E-state index contributed by atoms with van der Waals surface area (Å²) in [6.45, 7) is 1.17. The van der Waals surface area contributed by atoms with Gasteiger partial charge in [0.25, 0.3) is 0 Å². The van der Waals surface area contributed by atoms with Crippen molar-refractivity contribution < 1.29 is 26.3 Å². The maximum absolute atomic E-state index is 12.4. The Morgan fingerprint density at radius 1 is 1.21 bits per heavy atom. The molecule has 0 saturated heterocycles. The smallest absolute Gasteiger partial charge is 0.384 e. The van der Waals surface area contributed by atoms with Crippen molar-refractivity contribution in [1.82, 2.24) is 9.97 Å². The first-order valence-corrected chi connectivity index (χ1v) is 5.02. The molecule has 0 aliphatic heterocycles. The minimum absolute atomic E-state index is 0.406. The Balaban J connectivity index is 2.87. The molecular weight excluding hydrogens is 278 g/mol. The van der Waals surface area contributed by atoms with E-state index < -0.39 is 42.3 Å². The Morgan fingerprint density at radius 3 is 2.26 bits per heavy atom. The van der Waals surface area contributed by atoms with Crippen molar-refractivity contribution in [2.75, 3.05) is 11.1 Å². The molecule has 0 aliphatic rings. The molecule has 0 bridgehead atoms. The number of hydrogen-bond donors (Lipinski definition) is 2. The molecule has 19 heavy (non-hydrogen) atoms. The van der Waals surface area contributed by atoms with Gasteiger partial charge in [-0.2, -0.15) is 26.3 Å². The summed E-state index contributed by atoms with van der Waals surface area (Å²) < 4.78 is 73.3. The van der Waals surface area contributed by atoms with Gasteiger partial charge in [-0.05, 0) is 6.92 Å². The zero-order valence-corrected chi connectivity index (χ0v) is 9.60. The number of rotatable bonds is 3. The van der Waals surface area contributed by atoms with E-state index in [1.165, 1.54) is 6.92 Å². The highest BCUT2D eigenvalue weighted by Crippen LogP contribution is 2.28. The molecule has 0 spiro atoms. The Hall–Kier alpha value is -1.74. The maximum Gasteiger partial charge on any atom is 0.451 e. The van der Waals surface area contributed by atoms with Gasteiger partial charge in [0, 0.05) is 12.1 Å². The van der Waals surface area contributed by atoms with Crippen LogP contribution < -0.4 is 11.1 Å². The predicted octanol–water partition coefficient (Wildman–Crippen LogP) is 2.83. The average molecular weight is 288 g/mol. The van der Waals surface area contributed by atoms with Gasteiger partial charge in [-0.15, -0.1) is 0 Å². The fourth-order valence-corrected chi connectivity index (χ4v) is 1.32. The second-order valence-electron chi connectivity index (χ2n) is 3.86. The second kappa shape index (κ2) is 5.10. The van der Waals surface area contributed by atoms with Crippen molar-refractivity contribution in [2.45, 2.75) is 31.7 Å². The summed E-state index contributed by atoms with van der Waals surface area (Å²) >= 11 is 0. The quantitative estimate of drug-likeness (QED) is 0.839. The van der Waals surface area contributed by atoms with Gasteiger partial charge >= 0.3 is 12.4 Å². The fourth-order valence-electron chi connectivity index (χ4n) is 1.32. The van der Waals surface area contributed by atoms with Crippen LogP contribution >= 0.6 is 0 Å². The molecule has 0 fully saturated rings. The highest BCUT2D eigenvalue weighted by atomic mass is 19.4. The zero-order valence-electron chi connectivity index (χ0n) is 9.60. The third kappa shape index (κ3) is 5.18. The van der Waals surface area contributed by atoms with E-state index >= 15 is 0 Å². The van der Waals surface area contributed by atoms with Crippen LogP contribution in [0.1, 0.15) is 19.2 Å². The van der Waals surface area contributed by atoms with E-state index in [9.17, 15) is 26.3 Å². The molecular formula is C9H10F6N4. The lowest BCUT2D eigenvalue weighted by atomic mass is 10.2. The number of halogens is 6. The summed E-state index contributed by atoms with van der Waals surface area (Å²) in [4.78, 5) is 6.05. The van der Waals surface area contributed by atoms with Crippen LogP contribution in [-0.4, -0.2) is 22.2 Å². The molecule has 0 aromatic carbocycles. The van der Waals surface area contributed by atoms with Crippen LogP contribution in [0.2, 0.25) is 0 Å². The highest BCUT2D eigenvalue weighted by molar-refractivity contribution is 5.45. The summed E-state index contributed by atoms with van der Waals surface area (Å²) in [7, 11) is 0. The van der Waals surface area contributed by atoms with Gasteiger partial charge in [0.2, 0.25) is 5.82 Å². The molecule has 0 aliphatic carbocycles. The lowest BCUT2D eigenvalue weighted by Crippen LogP contribution is -2.25. The Morgan fingerprint density at radius 2 is 1.79 bits per heavy atom. The summed E-state index contributed by atoms with van der Waals surface area (Å²) in [6.07, 6.45) is -10.5. The van der Waals surface area contributed by atoms with E-state index in [0.717, 1.165) is 6.07 Å². The predicted molar refractivity (Wildman–Crippen MR) is 55.2 cm³/mol. The minimum atomic E-state index is -4.82. The highest BCUT2D eigenvalue weighted by Gasteiger charge is 2.36. The summed E-state index contributed by atoms with van der Waals surface area (Å²) in [6, 6.07) is -0.211. The lowest BCUT2D eigenvalue weighted by molar-refractivity contribution is -0.145. The molecule has 1 rings (SSSR count). The van der Waals surface area contributed by atoms with Crippen molar-refractivity contribution in [3.8, 4) is 0 Å². The average Bonchev–Trinajstić information content (AvgIpc) is 2.11. The molecule has 3 N–H and O–H groups in total. The number of alkyl halides is 6. The van der Waals surface area contributed by atoms with Crippen molar-refractivity contribution >= 4 is 11.6 Å². The fraction of sp³-hybridized carbons (Fsp3) is 0.556. The van der Waals surface area contributed by atoms with Gasteiger partial charge in [0.15, 0.2) is 0 Å². The Labute approximate surface area is 104 Å². The zero-order chi connectivity index (χ0) is 14.8. The number of nitrogen functional groups attached to an aromatic ring is 1. The van der Waals surface area contributed by atoms with E-state index in [-0.39, 0.29) is 0 Å². The molecule has 1 heterocycles. The van der Waals surface area contributed by atoms with Crippen LogP contribution in [0.3, 0.4) is 0 Å². The van der Waals surface area contributed by atoms with E-state index in [4.69, 9.17) is 5.73 Å². The lowest BCUT2D eigenvalue weighted by Gasteiger charge is -2.17. The standard InChI is InChI=1S/C9H10F6N4/c1-4(3-8(10,11)12)17-6-2-5(16)18-7(19-6)9(13,14)15/h2,4H,3H2,1H3,(H3,16,17,18,19). The summed E-state index contributed by atoms with van der Waals surface area (Å²) in [5.74, 6) is -2.39. The topological polar surface area (TPSA) is 63.8 Å². The summed E-state index contributed by atoms with van der Waals surface area (Å²) in [5.41, 5.74) is 5.15. The van der Waals surface area contributed by atoms with Gasteiger partial charge < -0.3 is 11.1 Å². The van der Waals surface area contributed by atoms with Gasteiger partial charge in [-0.25, -0.2) is 9.97 Å². The molecule has 10 heteroatoms. The number of nitrogens with two attached hydrogens (primary N) is 1. The third-order valence-electron chi connectivity index (χ3n) is 1.93. The molecule has 108 valence electrons. The normalized spacial score (nSPS) is 14.3. The number of nitrogens with one attached hydrogen (secondary N) is 1. The van der Waals surface area contributed by atoms with Crippen LogP contribution in [0, 0.1) is 0 Å². The number of aromatic nitrogens is 2. The largest absolute Gasteiger partial charge is 0.451 e. The van der Waals surface area contributed by atoms with Gasteiger partial charge in [0.05, 0.1) is 6.42 Å². The Bertz CT molecular complexity index is 441. The van der Waals surface area contributed by atoms with Crippen LogP contribution in [0.4, 0.5) is 38.0 Å². The first-order valence-electron chi connectivity index (χ1n) is 5.02. The molecule has 1 aromatic heterocycles. The number of hydrogen-bond acceptors (Lipinski definition) is 4. The van der Waals surface area contributed by atoms with Crippen LogP contribution in [0.5, 0.6) is 0 Å². The van der Waals surface area contributed by atoms with E-state index in [0.29, 0.717) is 0 Å². The number of anilines is 2. The van der Waals surface area contributed by atoms with Gasteiger partial charge in [0.1, 0.15) is 11.6 Å². The van der Waals surface area contributed by atoms with Crippen LogP contribution in [0.15, 0.2) is 6.07 Å². The maximum atomic E-state index is 12.4. The first kappa shape index (κ1) is 15.3. The molecule has 1 unspecified atom stereocenters. The van der Waals surface area contributed by atoms with Crippen molar-refractivity contribution in [3.05, 3.63) is 11.9 Å². The second-order valence-corrected chi connectivity index (χ2v) is 3.86. The third-order valence-corrected chi connectivity index (χ3v) is 1.93. The molecule has 0 saturated carbocycles. The number of nitrogens with zero attached hydrogens (tertiary/aromatic N) is 2. The minimum Gasteiger partial charge on any atom is -0.384 e. The van der Waals surface area contributed by atoms with Crippen molar-refractivity contribution in [3.63, 3.8) is 0 Å². The van der Waals surface area contributed by atoms with Crippen molar-refractivity contribution in [2.24, 2.45) is 0 Å². The Kier molecular flexibility index (Phi) is 4.11. The first-order chi connectivity index (χ1) is 8.47. The molecule has 0 amide bonds. The van der Waals surface area contributed by atoms with Crippen molar-refractivity contribution in [1.29, 1.82) is 0 Å². The van der Waals surface area contributed by atoms with Gasteiger partial charge in [-0.3, -0.25) is 0 Å².